The summed E-state index contributed by atoms with van der Waals surface area (Å²) in [6, 6.07) is 15.0. The van der Waals surface area contributed by atoms with Crippen molar-refractivity contribution < 1.29 is 19.1 Å². The maximum atomic E-state index is 13.2. The summed E-state index contributed by atoms with van der Waals surface area (Å²) >= 11 is 0. The van der Waals surface area contributed by atoms with Crippen LogP contribution in [-0.4, -0.2) is 35.6 Å². The summed E-state index contributed by atoms with van der Waals surface area (Å²) in [7, 11) is 0. The van der Waals surface area contributed by atoms with Gasteiger partial charge in [0.25, 0.3) is 0 Å². The van der Waals surface area contributed by atoms with Gasteiger partial charge in [0.05, 0.1) is 0 Å². The Morgan fingerprint density at radius 1 is 1.03 bits per heavy atom. The third kappa shape index (κ3) is 5.53. The molecule has 0 saturated carbocycles. The Balaban J connectivity index is 1.74. The van der Waals surface area contributed by atoms with Crippen molar-refractivity contribution in [1.82, 2.24) is 10.2 Å². The van der Waals surface area contributed by atoms with Gasteiger partial charge in [-0.2, -0.15) is 0 Å². The molecule has 0 radical (unpaired) electrons. The third-order valence-corrected chi connectivity index (χ3v) is 5.08. The fourth-order valence-electron chi connectivity index (χ4n) is 3.57. The molecule has 2 amide bonds. The second kappa shape index (κ2) is 10.1. The number of aryl methyl sites for hydroxylation is 1. The largest absolute Gasteiger partial charge is 0.454 e. The first-order valence-corrected chi connectivity index (χ1v) is 10.5. The van der Waals surface area contributed by atoms with E-state index in [0.717, 1.165) is 16.9 Å². The van der Waals surface area contributed by atoms with Crippen LogP contribution in [0.15, 0.2) is 48.5 Å². The van der Waals surface area contributed by atoms with Crippen LogP contribution < -0.4 is 14.8 Å². The SMILES string of the molecule is CC[C@@H](C(=O)NC(C)C)N(Cc1ccccc1)C(=O)CCc1ccc2c(c1)OCO2. The summed E-state index contributed by atoms with van der Waals surface area (Å²) in [6.07, 6.45) is 1.45. The molecule has 0 spiro atoms. The molecule has 1 aliphatic rings. The van der Waals surface area contributed by atoms with E-state index in [-0.39, 0.29) is 24.6 Å². The number of hydrogen-bond donors (Lipinski definition) is 1. The molecule has 1 heterocycles. The molecule has 0 aliphatic carbocycles. The minimum absolute atomic E-state index is 0.0221. The lowest BCUT2D eigenvalue weighted by Crippen LogP contribution is -2.50. The zero-order valence-electron chi connectivity index (χ0n) is 17.9. The first kappa shape index (κ1) is 21.7. The maximum Gasteiger partial charge on any atom is 0.243 e. The zero-order chi connectivity index (χ0) is 21.5. The Hall–Kier alpha value is -3.02. The number of rotatable bonds is 9. The van der Waals surface area contributed by atoms with Crippen molar-refractivity contribution >= 4 is 11.8 Å². The molecular formula is C24H30N2O4. The molecule has 2 aromatic carbocycles. The van der Waals surface area contributed by atoms with E-state index in [1.54, 1.807) is 4.90 Å². The van der Waals surface area contributed by atoms with E-state index in [2.05, 4.69) is 5.32 Å². The van der Waals surface area contributed by atoms with E-state index >= 15 is 0 Å². The Labute approximate surface area is 178 Å². The predicted octanol–water partition coefficient (Wildman–Crippen LogP) is 3.68. The van der Waals surface area contributed by atoms with Crippen LogP contribution in [0, 0.1) is 0 Å². The van der Waals surface area contributed by atoms with Gasteiger partial charge in [0.1, 0.15) is 6.04 Å². The lowest BCUT2D eigenvalue weighted by Gasteiger charge is -2.31. The van der Waals surface area contributed by atoms with E-state index in [9.17, 15) is 9.59 Å². The van der Waals surface area contributed by atoms with Crippen molar-refractivity contribution in [3.8, 4) is 11.5 Å². The standard InChI is InChI=1S/C24H30N2O4/c1-4-20(24(28)25-17(2)3)26(15-19-8-6-5-7-9-19)23(27)13-11-18-10-12-21-22(14-18)30-16-29-21/h5-10,12,14,17,20H,4,11,13,15-16H2,1-3H3,(H,25,28)/t20-/m0/s1. The van der Waals surface area contributed by atoms with Gasteiger partial charge in [0, 0.05) is 19.0 Å². The van der Waals surface area contributed by atoms with Crippen LogP contribution in [0.5, 0.6) is 11.5 Å². The van der Waals surface area contributed by atoms with E-state index in [0.29, 0.717) is 31.6 Å². The summed E-state index contributed by atoms with van der Waals surface area (Å²) in [5, 5.41) is 2.95. The summed E-state index contributed by atoms with van der Waals surface area (Å²) < 4.78 is 10.8. The number of carbonyl (C=O) groups excluding carboxylic acids is 2. The highest BCUT2D eigenvalue weighted by Crippen LogP contribution is 2.32. The van der Waals surface area contributed by atoms with Gasteiger partial charge in [-0.3, -0.25) is 9.59 Å². The number of ether oxygens (including phenoxy) is 2. The number of nitrogens with one attached hydrogen (secondary N) is 1. The minimum atomic E-state index is -0.503. The fourth-order valence-corrected chi connectivity index (χ4v) is 3.57. The molecule has 1 aliphatic heterocycles. The van der Waals surface area contributed by atoms with Crippen LogP contribution in [0.4, 0.5) is 0 Å². The van der Waals surface area contributed by atoms with Crippen molar-refractivity contribution in [3.63, 3.8) is 0 Å². The van der Waals surface area contributed by atoms with Crippen LogP contribution >= 0.6 is 0 Å². The molecule has 0 aromatic heterocycles. The van der Waals surface area contributed by atoms with Crippen molar-refractivity contribution in [2.45, 2.75) is 58.7 Å². The molecule has 30 heavy (non-hydrogen) atoms. The molecule has 2 aromatic rings. The Kier molecular flexibility index (Phi) is 7.33. The Morgan fingerprint density at radius 2 is 1.77 bits per heavy atom. The maximum absolute atomic E-state index is 13.2. The molecular weight excluding hydrogens is 380 g/mol. The highest BCUT2D eigenvalue weighted by molar-refractivity contribution is 5.87. The van der Waals surface area contributed by atoms with E-state index in [1.165, 1.54) is 0 Å². The van der Waals surface area contributed by atoms with Gasteiger partial charge in [-0.1, -0.05) is 43.3 Å². The van der Waals surface area contributed by atoms with E-state index in [4.69, 9.17) is 9.47 Å². The number of fused-ring (bicyclic) bond motifs is 1. The molecule has 3 rings (SSSR count). The molecule has 0 unspecified atom stereocenters. The topological polar surface area (TPSA) is 67.9 Å². The molecule has 1 atom stereocenters. The quantitative estimate of drug-likeness (QED) is 0.685. The summed E-state index contributed by atoms with van der Waals surface area (Å²) in [4.78, 5) is 27.7. The number of nitrogens with zero attached hydrogens (tertiary/aromatic N) is 1. The highest BCUT2D eigenvalue weighted by atomic mass is 16.7. The molecule has 0 fully saturated rings. The van der Waals surface area contributed by atoms with Crippen LogP contribution in [-0.2, 0) is 22.6 Å². The van der Waals surface area contributed by atoms with Gasteiger partial charge in [-0.25, -0.2) is 0 Å². The first-order chi connectivity index (χ1) is 14.5. The summed E-state index contributed by atoms with van der Waals surface area (Å²) in [6.45, 7) is 6.42. The predicted molar refractivity (Wildman–Crippen MR) is 115 cm³/mol. The molecule has 6 heteroatoms. The molecule has 0 bridgehead atoms. The number of benzene rings is 2. The van der Waals surface area contributed by atoms with Gasteiger partial charge >= 0.3 is 0 Å². The monoisotopic (exact) mass is 410 g/mol. The second-order valence-electron chi connectivity index (χ2n) is 7.78. The van der Waals surface area contributed by atoms with Crippen molar-refractivity contribution in [2.24, 2.45) is 0 Å². The van der Waals surface area contributed by atoms with Gasteiger partial charge in [-0.05, 0) is 49.9 Å². The molecule has 1 N–H and O–H groups in total. The van der Waals surface area contributed by atoms with Gasteiger partial charge in [0.2, 0.25) is 18.6 Å². The average molecular weight is 411 g/mol. The molecule has 160 valence electrons. The summed E-state index contributed by atoms with van der Waals surface area (Å²) in [5.41, 5.74) is 2.01. The summed E-state index contributed by atoms with van der Waals surface area (Å²) in [5.74, 6) is 1.29. The van der Waals surface area contributed by atoms with E-state index < -0.39 is 6.04 Å². The number of amides is 2. The molecule has 0 saturated heterocycles. The Morgan fingerprint density at radius 3 is 2.47 bits per heavy atom. The Bertz CT molecular complexity index is 867. The molecule has 6 nitrogen and oxygen atoms in total. The van der Waals surface area contributed by atoms with Gasteiger partial charge in [-0.15, -0.1) is 0 Å². The smallest absolute Gasteiger partial charge is 0.243 e. The number of hydrogen-bond acceptors (Lipinski definition) is 4. The average Bonchev–Trinajstić information content (AvgIpc) is 3.20. The van der Waals surface area contributed by atoms with E-state index in [1.807, 2.05) is 69.3 Å². The third-order valence-electron chi connectivity index (χ3n) is 5.08. The van der Waals surface area contributed by atoms with Gasteiger partial charge in [0.15, 0.2) is 11.5 Å². The zero-order valence-corrected chi connectivity index (χ0v) is 17.9. The van der Waals surface area contributed by atoms with Crippen LogP contribution in [0.25, 0.3) is 0 Å². The lowest BCUT2D eigenvalue weighted by atomic mass is 10.1. The van der Waals surface area contributed by atoms with Crippen LogP contribution in [0.1, 0.15) is 44.7 Å². The normalized spacial score (nSPS) is 13.2. The number of carbonyl (C=O) groups is 2. The first-order valence-electron chi connectivity index (χ1n) is 10.5. The second-order valence-corrected chi connectivity index (χ2v) is 7.78. The lowest BCUT2D eigenvalue weighted by molar-refractivity contribution is -0.141. The van der Waals surface area contributed by atoms with Crippen molar-refractivity contribution in [1.29, 1.82) is 0 Å². The van der Waals surface area contributed by atoms with Crippen molar-refractivity contribution in [3.05, 3.63) is 59.7 Å². The van der Waals surface area contributed by atoms with Gasteiger partial charge < -0.3 is 19.7 Å². The van der Waals surface area contributed by atoms with Crippen molar-refractivity contribution in [2.75, 3.05) is 6.79 Å². The van der Waals surface area contributed by atoms with Crippen LogP contribution in [0.3, 0.4) is 0 Å². The fraction of sp³-hybridized carbons (Fsp3) is 0.417. The van der Waals surface area contributed by atoms with Crippen LogP contribution in [0.2, 0.25) is 0 Å². The minimum Gasteiger partial charge on any atom is -0.454 e. The highest BCUT2D eigenvalue weighted by Gasteiger charge is 2.28.